The Morgan fingerprint density at radius 1 is 0.452 bits per heavy atom. The van der Waals surface area contributed by atoms with Gasteiger partial charge in [0, 0.05) is 26.7 Å². The van der Waals surface area contributed by atoms with Crippen LogP contribution in [0.15, 0.2) is 12.2 Å². The van der Waals surface area contributed by atoms with Gasteiger partial charge in [0.25, 0.3) is 5.79 Å². The molecule has 0 radical (unpaired) electrons. The van der Waals surface area contributed by atoms with E-state index in [9.17, 15) is 106 Å². The molecule has 0 saturated carbocycles. The number of aliphatic carboxylic acids is 1. The zero-order valence-corrected chi connectivity index (χ0v) is 68.5. The number of hydrogen-bond acceptors (Lipinski definition) is 30. The maximum atomic E-state index is 13.9. The van der Waals surface area contributed by atoms with Gasteiger partial charge in [-0.15, -0.1) is 0 Å². The second-order valence-electron chi connectivity index (χ2n) is 32.1. The molecule has 2 unspecified atom stereocenters. The van der Waals surface area contributed by atoms with Crippen LogP contribution in [0.2, 0.25) is 0 Å². The third-order valence-corrected chi connectivity index (χ3v) is 22.6. The zero-order chi connectivity index (χ0) is 84.4. The van der Waals surface area contributed by atoms with Crippen molar-refractivity contribution in [3.05, 3.63) is 12.2 Å². The Balaban J connectivity index is 1.32. The lowest BCUT2D eigenvalue weighted by Gasteiger charge is -2.52. The van der Waals surface area contributed by atoms with Gasteiger partial charge in [-0.25, -0.2) is 4.79 Å². The number of carboxylic acid groups (broad SMARTS) is 1. The predicted octanol–water partition coefficient (Wildman–Crippen LogP) is 2.08. The van der Waals surface area contributed by atoms with E-state index in [1.165, 1.54) is 154 Å². The number of carbonyl (C=O) groups excluding carboxylic acids is 3. The number of aliphatic hydroxyl groups is 16. The Morgan fingerprint density at radius 3 is 1.34 bits per heavy atom. The molecular formula is C81H147N3O31. The summed E-state index contributed by atoms with van der Waals surface area (Å²) < 4.78 is 60.2. The second kappa shape index (κ2) is 56.3. The largest absolute Gasteiger partial charge is 0.477 e. The molecule has 34 heteroatoms. The van der Waals surface area contributed by atoms with E-state index in [1.54, 1.807) is 6.08 Å². The van der Waals surface area contributed by atoms with Gasteiger partial charge in [0.05, 0.1) is 63.9 Å². The van der Waals surface area contributed by atoms with Crippen molar-refractivity contribution in [2.45, 2.75) is 436 Å². The molecule has 0 bridgehead atoms. The number of nitrogens with one attached hydrogen (secondary N) is 3. The molecule has 3 amide bonds. The molecule has 0 aromatic heterocycles. The highest BCUT2D eigenvalue weighted by Crippen LogP contribution is 2.41. The van der Waals surface area contributed by atoms with Gasteiger partial charge >= 0.3 is 5.97 Å². The Labute approximate surface area is 678 Å². The summed E-state index contributed by atoms with van der Waals surface area (Å²) >= 11 is 0. The number of unbranched alkanes of at least 4 members (excludes halogenated alkanes) is 33. The third-order valence-electron chi connectivity index (χ3n) is 22.6. The first-order valence-corrected chi connectivity index (χ1v) is 43.1. The fourth-order valence-electron chi connectivity index (χ4n) is 15.7. The Bertz CT molecular complexity index is 2650. The lowest BCUT2D eigenvalue weighted by Crippen LogP contribution is -2.72. The van der Waals surface area contributed by atoms with E-state index >= 15 is 0 Å². The molecule has 115 heavy (non-hydrogen) atoms. The standard InChI is InChI=1S/C81H147N3O31/c1-5-7-9-11-13-15-17-19-20-21-22-23-24-25-26-27-28-30-32-34-36-38-40-42-60(95)84-52(53(92)41-39-37-35-33-31-29-18-16-14-12-10-8-6-2)49-106-77-69(102)67(100)71(58(47-88)109-77)111-79-70(103)75(115-81(80(104)105)43-54(93)61(82-50(3)90)74(114-81)63(96)55(94)44-85)72(59(48-89)110-79)112-76-62(83-51(4)91)73(65(98)57(46-87)107-76)113-78-68(101)66(99)64(97)56(45-86)108-78/h39,41,52-59,61-79,85-89,92-94,96-103H,5-38,40,42-49H2,1-4H3,(H,82,90)(H,83,91)(H,84,95)(H,104,105)/t52-,53+,54-,55-,56+,57+,58+,59+,61+,62+,63-,64-,65-,66-,67+,68+,69?,70+,71+,72-,73+,74?,75+,76-,77+,78-,79-,81-/m0/s1. The second-order valence-corrected chi connectivity index (χ2v) is 32.1. The first-order valence-electron chi connectivity index (χ1n) is 43.1. The molecule has 34 nitrogen and oxygen atoms in total. The Hall–Kier alpha value is -3.42. The van der Waals surface area contributed by atoms with Crippen molar-refractivity contribution in [1.29, 1.82) is 0 Å². The van der Waals surface area contributed by atoms with E-state index in [4.69, 9.17) is 47.4 Å². The van der Waals surface area contributed by atoms with Crippen molar-refractivity contribution in [3.63, 3.8) is 0 Å². The third kappa shape index (κ3) is 33.7. The molecule has 5 saturated heterocycles. The van der Waals surface area contributed by atoms with Gasteiger partial charge in [0.1, 0.15) is 116 Å². The molecule has 0 aliphatic carbocycles. The summed E-state index contributed by atoms with van der Waals surface area (Å²) in [4.78, 5) is 53.1. The average molecular weight is 1660 g/mol. The Kier molecular flexibility index (Phi) is 50.0. The molecule has 5 heterocycles. The summed E-state index contributed by atoms with van der Waals surface area (Å²) in [6.07, 6.45) is -5.59. The van der Waals surface area contributed by atoms with Crippen LogP contribution in [0.3, 0.4) is 0 Å². The van der Waals surface area contributed by atoms with Crippen molar-refractivity contribution in [2.24, 2.45) is 0 Å². The number of hydrogen-bond donors (Lipinski definition) is 20. The van der Waals surface area contributed by atoms with Crippen molar-refractivity contribution in [1.82, 2.24) is 16.0 Å². The minimum absolute atomic E-state index is 0.136. The first-order chi connectivity index (χ1) is 55.3. The SMILES string of the molecule is CCCCCCCCCCCCCC=C[C@@H](O)[C@H](CO[C@@H]1O[C@H](CO)[C@@H](O[C@@H]2O[C@H](CO)[C@H](O[C@@H]3O[C@H](CO)[C@H](O)[C@H](O[C@@H]4O[C@H](CO)[C@H](O)[C@H](O)[C@H]4O)[C@H]3NC(C)=O)[C@H](O[C@]3(C(=O)O)C[C@H](O)[C@@H](NC(C)=O)C([C@@H](O)[C@@H](O)CO)O3)[C@H]2O)[C@H](O)C1O)NC(=O)CCCCCCCCCCCCCCCCCCCCCCCCC. The summed E-state index contributed by atoms with van der Waals surface area (Å²) in [5.74, 6) is -7.70. The first kappa shape index (κ1) is 102. The highest BCUT2D eigenvalue weighted by Gasteiger charge is 2.62. The number of aliphatic hydroxyl groups excluding tert-OH is 16. The van der Waals surface area contributed by atoms with Crippen molar-refractivity contribution in [3.8, 4) is 0 Å². The molecule has 0 aromatic carbocycles. The average Bonchev–Trinajstić information content (AvgIpc) is 0.746. The van der Waals surface area contributed by atoms with Crippen LogP contribution in [0.1, 0.15) is 265 Å². The number of rotatable bonds is 60. The van der Waals surface area contributed by atoms with E-state index in [-0.39, 0.29) is 12.3 Å². The number of carbonyl (C=O) groups is 4. The fourth-order valence-corrected chi connectivity index (χ4v) is 15.7. The van der Waals surface area contributed by atoms with Crippen LogP contribution in [0.5, 0.6) is 0 Å². The van der Waals surface area contributed by atoms with Crippen LogP contribution in [0, 0.1) is 0 Å². The van der Waals surface area contributed by atoms with Gasteiger partial charge < -0.3 is 150 Å². The van der Waals surface area contributed by atoms with Crippen molar-refractivity contribution < 1.29 is 153 Å². The molecule has 0 spiro atoms. The smallest absolute Gasteiger partial charge is 0.364 e. The molecule has 672 valence electrons. The van der Waals surface area contributed by atoms with E-state index < -0.39 is 235 Å². The summed E-state index contributed by atoms with van der Waals surface area (Å²) in [6.45, 7) is 0.365. The number of ether oxygens (including phenoxy) is 10. The molecule has 5 aliphatic heterocycles. The van der Waals surface area contributed by atoms with Gasteiger partial charge in [-0.2, -0.15) is 0 Å². The highest BCUT2D eigenvalue weighted by atomic mass is 16.8. The predicted molar refractivity (Wildman–Crippen MR) is 415 cm³/mol. The van der Waals surface area contributed by atoms with Crippen molar-refractivity contribution in [2.75, 3.05) is 39.6 Å². The fraction of sp³-hybridized carbons (Fsp3) is 0.926. The van der Waals surface area contributed by atoms with Gasteiger partial charge in [0.15, 0.2) is 25.2 Å². The maximum absolute atomic E-state index is 13.9. The highest BCUT2D eigenvalue weighted by molar-refractivity contribution is 5.77. The monoisotopic (exact) mass is 1660 g/mol. The van der Waals surface area contributed by atoms with Crippen LogP contribution < -0.4 is 16.0 Å². The van der Waals surface area contributed by atoms with E-state index in [1.807, 2.05) is 6.08 Å². The van der Waals surface area contributed by atoms with Crippen molar-refractivity contribution >= 4 is 23.7 Å². The van der Waals surface area contributed by atoms with Crippen LogP contribution in [-0.4, -0.2) is 321 Å². The molecule has 20 N–H and O–H groups in total. The van der Waals surface area contributed by atoms with E-state index in [0.717, 1.165) is 71.6 Å². The van der Waals surface area contributed by atoms with Crippen LogP contribution >= 0.6 is 0 Å². The van der Waals surface area contributed by atoms with Crippen LogP contribution in [0.25, 0.3) is 0 Å². The maximum Gasteiger partial charge on any atom is 0.364 e. The quantitative estimate of drug-likeness (QED) is 0.0306. The zero-order valence-electron chi connectivity index (χ0n) is 68.5. The topological polar surface area (TPSA) is 541 Å². The van der Waals surface area contributed by atoms with Gasteiger partial charge in [-0.05, 0) is 19.3 Å². The molecule has 5 aliphatic rings. The van der Waals surface area contributed by atoms with Gasteiger partial charge in [-0.1, -0.05) is 231 Å². The summed E-state index contributed by atoms with van der Waals surface area (Å²) in [7, 11) is 0. The molecule has 0 aromatic rings. The summed E-state index contributed by atoms with van der Waals surface area (Å²) in [5.41, 5.74) is 0. The molecule has 28 atom stereocenters. The minimum atomic E-state index is -3.38. The Morgan fingerprint density at radius 2 is 0.861 bits per heavy atom. The van der Waals surface area contributed by atoms with E-state index in [0.29, 0.717) is 12.8 Å². The lowest BCUT2D eigenvalue weighted by molar-refractivity contribution is -0.403. The molecule has 5 rings (SSSR count). The van der Waals surface area contributed by atoms with Gasteiger partial charge in [0.2, 0.25) is 17.7 Å². The van der Waals surface area contributed by atoms with Gasteiger partial charge in [-0.3, -0.25) is 14.4 Å². The van der Waals surface area contributed by atoms with Crippen LogP contribution in [0.4, 0.5) is 0 Å². The van der Waals surface area contributed by atoms with E-state index in [2.05, 4.69) is 29.8 Å². The normalized spacial score (nSPS) is 33.0. The number of amides is 3. The lowest BCUT2D eigenvalue weighted by atomic mass is 9.88. The molecule has 5 fully saturated rings. The minimum Gasteiger partial charge on any atom is -0.477 e. The summed E-state index contributed by atoms with van der Waals surface area (Å²) in [6, 6.07) is -4.81. The summed E-state index contributed by atoms with van der Waals surface area (Å²) in [5, 5.41) is 197. The number of allylic oxidation sites excluding steroid dienone is 1. The van der Waals surface area contributed by atoms with Crippen LogP contribution in [-0.2, 0) is 66.5 Å². The number of carboxylic acids is 1. The molecular weight excluding hydrogens is 1510 g/mol.